The summed E-state index contributed by atoms with van der Waals surface area (Å²) in [6.45, 7) is 6.45. The summed E-state index contributed by atoms with van der Waals surface area (Å²) in [5.41, 5.74) is 0. The molecule has 0 bridgehead atoms. The van der Waals surface area contributed by atoms with Gasteiger partial charge < -0.3 is 0 Å². The SMILES string of the molecule is CC1=N[C@@H](C)[C@@H](C)S1. The number of rotatable bonds is 0. The molecule has 0 aromatic carbocycles. The molecule has 0 aromatic rings. The van der Waals surface area contributed by atoms with Gasteiger partial charge in [0.25, 0.3) is 0 Å². The number of hydrogen-bond acceptors (Lipinski definition) is 2. The maximum Gasteiger partial charge on any atom is 0.0652 e. The first-order valence-corrected chi connectivity index (χ1v) is 3.79. The van der Waals surface area contributed by atoms with Crippen LogP contribution in [0.1, 0.15) is 20.8 Å². The van der Waals surface area contributed by atoms with Gasteiger partial charge in [0.1, 0.15) is 0 Å². The second-order valence-electron chi connectivity index (χ2n) is 2.21. The van der Waals surface area contributed by atoms with Crippen molar-refractivity contribution in [1.82, 2.24) is 0 Å². The van der Waals surface area contributed by atoms with Gasteiger partial charge in [0.05, 0.1) is 11.1 Å². The van der Waals surface area contributed by atoms with Crippen molar-refractivity contribution in [3.63, 3.8) is 0 Å². The predicted molar refractivity (Wildman–Crippen MR) is 39.6 cm³/mol. The molecule has 0 saturated carbocycles. The number of hydrogen-bond donors (Lipinski definition) is 0. The standard InChI is InChI=1S/C6H11NS/c1-4-5(2)8-6(3)7-4/h4-5H,1-3H3/t4-,5+/m0/s1. The Balaban J connectivity index is 2.56. The summed E-state index contributed by atoms with van der Waals surface area (Å²) in [5, 5.41) is 1.94. The van der Waals surface area contributed by atoms with Gasteiger partial charge in [0.2, 0.25) is 0 Å². The second kappa shape index (κ2) is 2.09. The second-order valence-corrected chi connectivity index (χ2v) is 3.78. The molecule has 1 aliphatic heterocycles. The maximum absolute atomic E-state index is 4.35. The van der Waals surface area contributed by atoms with E-state index >= 15 is 0 Å². The Morgan fingerprint density at radius 3 is 2.25 bits per heavy atom. The van der Waals surface area contributed by atoms with Gasteiger partial charge in [0, 0.05) is 5.25 Å². The molecule has 1 aliphatic rings. The van der Waals surface area contributed by atoms with E-state index in [1.807, 2.05) is 11.8 Å². The van der Waals surface area contributed by atoms with E-state index in [0.717, 1.165) is 0 Å². The highest BCUT2D eigenvalue weighted by Gasteiger charge is 2.18. The van der Waals surface area contributed by atoms with Crippen LogP contribution in [-0.4, -0.2) is 16.3 Å². The molecule has 0 radical (unpaired) electrons. The molecule has 0 spiro atoms. The van der Waals surface area contributed by atoms with Crippen LogP contribution in [0.4, 0.5) is 0 Å². The Labute approximate surface area is 54.6 Å². The van der Waals surface area contributed by atoms with Gasteiger partial charge in [-0.3, -0.25) is 4.99 Å². The third-order valence-electron chi connectivity index (χ3n) is 1.42. The highest BCUT2D eigenvalue weighted by atomic mass is 32.2. The third-order valence-corrected chi connectivity index (χ3v) is 2.63. The molecule has 0 saturated heterocycles. The van der Waals surface area contributed by atoms with Gasteiger partial charge in [-0.1, -0.05) is 6.92 Å². The summed E-state index contributed by atoms with van der Waals surface area (Å²) in [6, 6.07) is 0.542. The van der Waals surface area contributed by atoms with Crippen LogP contribution in [0.3, 0.4) is 0 Å². The smallest absolute Gasteiger partial charge is 0.0652 e. The molecule has 0 fully saturated rings. The highest BCUT2D eigenvalue weighted by Crippen LogP contribution is 2.25. The molecule has 1 nitrogen and oxygen atoms in total. The number of thioether (sulfide) groups is 1. The predicted octanol–water partition coefficient (Wildman–Crippen LogP) is 1.93. The van der Waals surface area contributed by atoms with Crippen LogP contribution < -0.4 is 0 Å². The zero-order chi connectivity index (χ0) is 6.15. The van der Waals surface area contributed by atoms with E-state index in [1.165, 1.54) is 5.04 Å². The van der Waals surface area contributed by atoms with Gasteiger partial charge in [-0.2, -0.15) is 0 Å². The molecule has 0 aliphatic carbocycles. The Hall–Kier alpha value is 0.0200. The fourth-order valence-corrected chi connectivity index (χ4v) is 1.81. The van der Waals surface area contributed by atoms with Crippen molar-refractivity contribution in [2.45, 2.75) is 32.1 Å². The summed E-state index contributed by atoms with van der Waals surface area (Å²) in [5.74, 6) is 0. The van der Waals surface area contributed by atoms with E-state index in [-0.39, 0.29) is 0 Å². The maximum atomic E-state index is 4.35. The highest BCUT2D eigenvalue weighted by molar-refractivity contribution is 8.14. The van der Waals surface area contributed by atoms with Gasteiger partial charge in [-0.15, -0.1) is 11.8 Å². The van der Waals surface area contributed by atoms with E-state index in [1.54, 1.807) is 0 Å². The zero-order valence-corrected chi connectivity index (χ0v) is 6.33. The minimum absolute atomic E-state index is 0.542. The van der Waals surface area contributed by atoms with E-state index in [0.29, 0.717) is 11.3 Å². The van der Waals surface area contributed by atoms with E-state index < -0.39 is 0 Å². The Morgan fingerprint density at radius 1 is 1.50 bits per heavy atom. The van der Waals surface area contributed by atoms with Gasteiger partial charge in [-0.25, -0.2) is 0 Å². The van der Waals surface area contributed by atoms with Crippen LogP contribution >= 0.6 is 11.8 Å². The topological polar surface area (TPSA) is 12.4 Å². The number of nitrogens with zero attached hydrogens (tertiary/aromatic N) is 1. The van der Waals surface area contributed by atoms with E-state index in [2.05, 4.69) is 25.8 Å². The molecule has 0 unspecified atom stereocenters. The van der Waals surface area contributed by atoms with Crippen LogP contribution in [-0.2, 0) is 0 Å². The van der Waals surface area contributed by atoms with Crippen LogP contribution in [0.15, 0.2) is 4.99 Å². The molecule has 0 aromatic heterocycles. The van der Waals surface area contributed by atoms with Gasteiger partial charge in [0.15, 0.2) is 0 Å². The first-order chi connectivity index (χ1) is 3.70. The zero-order valence-electron chi connectivity index (χ0n) is 5.51. The average molecular weight is 129 g/mol. The van der Waals surface area contributed by atoms with Crippen molar-refractivity contribution in [2.75, 3.05) is 0 Å². The van der Waals surface area contributed by atoms with Crippen molar-refractivity contribution >= 4 is 16.8 Å². The quantitative estimate of drug-likeness (QED) is 0.487. The van der Waals surface area contributed by atoms with E-state index in [4.69, 9.17) is 0 Å². The summed E-state index contributed by atoms with van der Waals surface area (Å²) < 4.78 is 0. The lowest BCUT2D eigenvalue weighted by molar-refractivity contribution is 0.749. The molecule has 46 valence electrons. The first-order valence-electron chi connectivity index (χ1n) is 2.91. The monoisotopic (exact) mass is 129 g/mol. The van der Waals surface area contributed by atoms with Crippen LogP contribution in [0, 0.1) is 0 Å². The van der Waals surface area contributed by atoms with Crippen molar-refractivity contribution in [3.05, 3.63) is 0 Å². The summed E-state index contributed by atoms with van der Waals surface area (Å²) in [4.78, 5) is 4.35. The van der Waals surface area contributed by atoms with Crippen molar-refractivity contribution in [3.8, 4) is 0 Å². The normalized spacial score (nSPS) is 37.6. The molecule has 1 rings (SSSR count). The average Bonchev–Trinajstić information content (AvgIpc) is 1.85. The molecule has 2 heteroatoms. The lowest BCUT2D eigenvalue weighted by Gasteiger charge is -2.02. The lowest BCUT2D eigenvalue weighted by atomic mass is 10.3. The molecule has 0 N–H and O–H groups in total. The Morgan fingerprint density at radius 2 is 2.12 bits per heavy atom. The largest absolute Gasteiger partial charge is 0.279 e. The Bertz CT molecular complexity index is 120. The molecular weight excluding hydrogens is 118 g/mol. The van der Waals surface area contributed by atoms with Crippen LogP contribution in [0.2, 0.25) is 0 Å². The van der Waals surface area contributed by atoms with Crippen LogP contribution in [0.25, 0.3) is 0 Å². The van der Waals surface area contributed by atoms with Crippen LogP contribution in [0.5, 0.6) is 0 Å². The molecule has 8 heavy (non-hydrogen) atoms. The molecule has 0 amide bonds. The number of aliphatic imine (C=N–C) groups is 1. The third kappa shape index (κ3) is 1.05. The fraction of sp³-hybridized carbons (Fsp3) is 0.833. The first kappa shape index (κ1) is 6.14. The fourth-order valence-electron chi connectivity index (χ4n) is 0.790. The molecule has 2 atom stereocenters. The minimum Gasteiger partial charge on any atom is -0.279 e. The van der Waals surface area contributed by atoms with E-state index in [9.17, 15) is 0 Å². The summed E-state index contributed by atoms with van der Waals surface area (Å²) in [7, 11) is 0. The minimum atomic E-state index is 0.542. The molecule has 1 heterocycles. The van der Waals surface area contributed by atoms with Crippen molar-refractivity contribution < 1.29 is 0 Å². The Kier molecular flexibility index (Phi) is 1.61. The molecular formula is C6H11NS. The van der Waals surface area contributed by atoms with Gasteiger partial charge >= 0.3 is 0 Å². The summed E-state index contributed by atoms with van der Waals surface area (Å²) >= 11 is 1.88. The van der Waals surface area contributed by atoms with Crippen molar-refractivity contribution in [1.29, 1.82) is 0 Å². The van der Waals surface area contributed by atoms with Crippen molar-refractivity contribution in [2.24, 2.45) is 4.99 Å². The lowest BCUT2D eigenvalue weighted by Crippen LogP contribution is -2.07. The van der Waals surface area contributed by atoms with Gasteiger partial charge in [-0.05, 0) is 13.8 Å². The summed E-state index contributed by atoms with van der Waals surface area (Å²) in [6.07, 6.45) is 0.